The second-order valence-electron chi connectivity index (χ2n) is 12.2. The molecule has 3 N–H and O–H groups in total. The van der Waals surface area contributed by atoms with E-state index in [0.717, 1.165) is 32.2 Å². The monoisotopic (exact) mass is 413 g/mol. The van der Waals surface area contributed by atoms with Gasteiger partial charge in [0.1, 0.15) is 11.7 Å². The number of hydrogen-bond donors (Lipinski definition) is 3. The molecule has 5 nitrogen and oxygen atoms in total. The molecule has 4 fully saturated rings. The van der Waals surface area contributed by atoms with Crippen LogP contribution in [0.4, 0.5) is 0 Å². The molecule has 30 heavy (non-hydrogen) atoms. The number of aromatic hydroxyl groups is 1. The summed E-state index contributed by atoms with van der Waals surface area (Å²) in [7, 11) is 2.23. The first kappa shape index (κ1) is 19.4. The van der Waals surface area contributed by atoms with Gasteiger partial charge in [0, 0.05) is 28.4 Å². The van der Waals surface area contributed by atoms with Crippen LogP contribution < -0.4 is 4.74 Å². The first-order valence-electron chi connectivity index (χ1n) is 11.6. The van der Waals surface area contributed by atoms with Crippen molar-refractivity contribution in [1.29, 1.82) is 0 Å². The smallest absolute Gasteiger partial charge is 0.165 e. The number of rotatable bonds is 1. The summed E-state index contributed by atoms with van der Waals surface area (Å²) in [5, 5.41) is 34.9. The van der Waals surface area contributed by atoms with Crippen LogP contribution in [0.5, 0.6) is 11.5 Å². The highest BCUT2D eigenvalue weighted by Gasteiger charge is 2.81. The van der Waals surface area contributed by atoms with Crippen LogP contribution in [0.3, 0.4) is 0 Å². The minimum Gasteiger partial charge on any atom is -0.504 e. The van der Waals surface area contributed by atoms with Crippen LogP contribution >= 0.6 is 0 Å². The summed E-state index contributed by atoms with van der Waals surface area (Å²) in [4.78, 5) is 2.51. The minimum atomic E-state index is -1.11. The molecule has 1 aromatic rings. The summed E-state index contributed by atoms with van der Waals surface area (Å²) in [6.07, 6.45) is 3.86. The number of fused-ring (bicyclic) bond motifs is 2. The van der Waals surface area contributed by atoms with Gasteiger partial charge >= 0.3 is 0 Å². The minimum absolute atomic E-state index is 0.0545. The third kappa shape index (κ3) is 1.77. The number of phenolic OH excluding ortho intramolecular Hbond substituents is 1. The van der Waals surface area contributed by atoms with Gasteiger partial charge in [-0.25, -0.2) is 0 Å². The van der Waals surface area contributed by atoms with E-state index < -0.39 is 17.3 Å². The summed E-state index contributed by atoms with van der Waals surface area (Å²) >= 11 is 0. The van der Waals surface area contributed by atoms with Crippen LogP contribution in [0.15, 0.2) is 12.1 Å². The lowest BCUT2D eigenvalue weighted by Gasteiger charge is -2.74. The summed E-state index contributed by atoms with van der Waals surface area (Å²) in [5.74, 6) is 0.511. The van der Waals surface area contributed by atoms with Gasteiger partial charge in [0.05, 0.1) is 5.60 Å². The Morgan fingerprint density at radius 1 is 1.13 bits per heavy atom. The molecule has 0 amide bonds. The van der Waals surface area contributed by atoms with E-state index in [-0.39, 0.29) is 27.9 Å². The van der Waals surface area contributed by atoms with Crippen LogP contribution in [0.25, 0.3) is 0 Å². The maximum atomic E-state index is 12.3. The third-order valence-electron chi connectivity index (χ3n) is 10.5. The highest BCUT2D eigenvalue weighted by molar-refractivity contribution is 5.63. The Balaban J connectivity index is 1.64. The molecule has 7 atom stereocenters. The first-order chi connectivity index (χ1) is 13.9. The molecular weight excluding hydrogens is 378 g/mol. The molecule has 0 unspecified atom stereocenters. The van der Waals surface area contributed by atoms with Gasteiger partial charge in [-0.1, -0.05) is 26.8 Å². The average molecular weight is 414 g/mol. The van der Waals surface area contributed by atoms with Crippen LogP contribution in [-0.2, 0) is 11.8 Å². The number of nitrogens with zero attached hydrogens (tertiary/aromatic N) is 1. The van der Waals surface area contributed by atoms with E-state index in [2.05, 4.69) is 38.8 Å². The zero-order valence-corrected chi connectivity index (χ0v) is 18.8. The Hall–Kier alpha value is -1.30. The van der Waals surface area contributed by atoms with E-state index in [0.29, 0.717) is 18.2 Å². The molecule has 6 aliphatic rings. The summed E-state index contributed by atoms with van der Waals surface area (Å²) in [5.41, 5.74) is -0.414. The van der Waals surface area contributed by atoms with E-state index >= 15 is 0 Å². The number of benzene rings is 1. The Morgan fingerprint density at radius 2 is 1.87 bits per heavy atom. The van der Waals surface area contributed by atoms with Crippen molar-refractivity contribution in [3.8, 4) is 11.5 Å². The number of likely N-dealkylation sites (N-methyl/N-ethyl adjacent to an activating group) is 1. The topological polar surface area (TPSA) is 73.2 Å². The molecular formula is C25H35NO4. The molecule has 2 aliphatic heterocycles. The highest BCUT2D eigenvalue weighted by Crippen LogP contribution is 2.77. The average Bonchev–Trinajstić information content (AvgIpc) is 3.03. The lowest BCUT2D eigenvalue weighted by molar-refractivity contribution is -0.304. The van der Waals surface area contributed by atoms with Gasteiger partial charge < -0.3 is 25.0 Å². The SMILES string of the molecule is CN1CC[C@]23c4c5ccc(O)c4O[C@H]2[C@@]2(O)CC[C@@]3(C[C@@H]2[C@](C)(O)C(C)(C)C)[C@H]1C5. The van der Waals surface area contributed by atoms with Crippen molar-refractivity contribution in [2.45, 2.75) is 88.6 Å². The van der Waals surface area contributed by atoms with E-state index in [1.807, 2.05) is 6.92 Å². The van der Waals surface area contributed by atoms with Crippen LogP contribution in [0.2, 0.25) is 0 Å². The molecule has 4 bridgehead atoms. The fourth-order valence-corrected chi connectivity index (χ4v) is 8.54. The van der Waals surface area contributed by atoms with Gasteiger partial charge in [0.2, 0.25) is 0 Å². The third-order valence-corrected chi connectivity index (χ3v) is 10.5. The van der Waals surface area contributed by atoms with Crippen LogP contribution in [0.1, 0.15) is 64.5 Å². The maximum Gasteiger partial charge on any atom is 0.165 e. The lowest BCUT2D eigenvalue weighted by atomic mass is 9.33. The predicted molar refractivity (Wildman–Crippen MR) is 114 cm³/mol. The molecule has 1 saturated heterocycles. The quantitative estimate of drug-likeness (QED) is 0.660. The molecule has 7 rings (SSSR count). The van der Waals surface area contributed by atoms with Crippen molar-refractivity contribution in [2.24, 2.45) is 16.7 Å². The summed E-state index contributed by atoms with van der Waals surface area (Å²) in [6, 6.07) is 4.18. The Bertz CT molecular complexity index is 951. The molecule has 0 radical (unpaired) electrons. The molecule has 5 heteroatoms. The Morgan fingerprint density at radius 3 is 2.57 bits per heavy atom. The van der Waals surface area contributed by atoms with Gasteiger partial charge in [-0.15, -0.1) is 0 Å². The normalized spacial score (nSPS) is 45.6. The van der Waals surface area contributed by atoms with E-state index in [1.54, 1.807) is 6.07 Å². The van der Waals surface area contributed by atoms with E-state index in [4.69, 9.17) is 4.74 Å². The van der Waals surface area contributed by atoms with Crippen molar-refractivity contribution in [3.05, 3.63) is 23.3 Å². The van der Waals surface area contributed by atoms with Crippen molar-refractivity contribution in [1.82, 2.24) is 4.90 Å². The van der Waals surface area contributed by atoms with Gasteiger partial charge in [0.15, 0.2) is 11.5 Å². The van der Waals surface area contributed by atoms with E-state index in [9.17, 15) is 15.3 Å². The zero-order chi connectivity index (χ0) is 21.5. The standard InChI is InChI=1S/C25H35NO4/c1-21(2,3)22(4,28)16-13-23-8-9-25(16,29)20-24(23)10-11-26(5)17(23)12-14-6-7-15(27)19(30-20)18(14)24/h6-7,16-17,20,27-29H,8-13H2,1-5H3/t16-,17-,20-,22+,23-,24+,25-/m1/s1. The predicted octanol–water partition coefficient (Wildman–Crippen LogP) is 2.98. The fourth-order valence-electron chi connectivity index (χ4n) is 8.54. The van der Waals surface area contributed by atoms with Crippen molar-refractivity contribution >= 4 is 0 Å². The molecule has 2 spiro atoms. The first-order valence-corrected chi connectivity index (χ1v) is 11.6. The van der Waals surface area contributed by atoms with Crippen LogP contribution in [-0.4, -0.2) is 57.2 Å². The van der Waals surface area contributed by atoms with Gasteiger partial charge in [-0.05, 0) is 69.7 Å². The molecule has 1 aromatic carbocycles. The van der Waals surface area contributed by atoms with E-state index in [1.165, 1.54) is 11.1 Å². The Labute approximate surface area is 179 Å². The Kier molecular flexibility index (Phi) is 3.35. The van der Waals surface area contributed by atoms with Gasteiger partial charge in [-0.2, -0.15) is 0 Å². The van der Waals surface area contributed by atoms with Gasteiger partial charge in [-0.3, -0.25) is 0 Å². The van der Waals surface area contributed by atoms with Crippen molar-refractivity contribution in [2.75, 3.05) is 13.6 Å². The number of likely N-dealkylation sites (tertiary alicyclic amines) is 1. The second-order valence-corrected chi connectivity index (χ2v) is 12.2. The van der Waals surface area contributed by atoms with Gasteiger partial charge in [0.25, 0.3) is 0 Å². The van der Waals surface area contributed by atoms with Crippen LogP contribution in [0, 0.1) is 16.7 Å². The number of aliphatic hydroxyl groups is 2. The second kappa shape index (κ2) is 5.19. The molecule has 2 heterocycles. The molecule has 4 aliphatic carbocycles. The number of ether oxygens (including phenoxy) is 1. The van der Waals surface area contributed by atoms with Crippen molar-refractivity contribution < 1.29 is 20.1 Å². The lowest BCUT2D eigenvalue weighted by Crippen LogP contribution is -2.82. The van der Waals surface area contributed by atoms with Crippen molar-refractivity contribution in [3.63, 3.8) is 0 Å². The molecule has 0 aromatic heterocycles. The largest absolute Gasteiger partial charge is 0.504 e. The number of hydrogen-bond acceptors (Lipinski definition) is 5. The number of piperidine rings is 1. The zero-order valence-electron chi connectivity index (χ0n) is 18.8. The maximum absolute atomic E-state index is 12.3. The highest BCUT2D eigenvalue weighted by atomic mass is 16.5. The summed E-state index contributed by atoms with van der Waals surface area (Å²) in [6.45, 7) is 9.07. The molecule has 3 saturated carbocycles. The summed E-state index contributed by atoms with van der Waals surface area (Å²) < 4.78 is 6.58. The number of phenols is 1. The fraction of sp³-hybridized carbons (Fsp3) is 0.760. The molecule has 164 valence electrons.